The van der Waals surface area contributed by atoms with E-state index >= 15 is 0 Å². The Morgan fingerprint density at radius 1 is 1.39 bits per heavy atom. The number of aliphatic carboxylic acids is 1. The summed E-state index contributed by atoms with van der Waals surface area (Å²) in [4.78, 5) is 22.2. The third-order valence-electron chi connectivity index (χ3n) is 2.32. The molecule has 5 heteroatoms. The van der Waals surface area contributed by atoms with Crippen molar-refractivity contribution < 1.29 is 14.7 Å². The van der Waals surface area contributed by atoms with Gasteiger partial charge in [0, 0.05) is 10.5 Å². The van der Waals surface area contributed by atoms with Crippen LogP contribution in [0.15, 0.2) is 34.8 Å². The molecule has 1 amide bonds. The summed E-state index contributed by atoms with van der Waals surface area (Å²) in [5.41, 5.74) is 0.872. The summed E-state index contributed by atoms with van der Waals surface area (Å²) in [6, 6.07) is 6.59. The number of amides is 1. The number of hydrogen-bond acceptors (Lipinski definition) is 2. The van der Waals surface area contributed by atoms with Crippen LogP contribution in [0, 0.1) is 0 Å². The monoisotopic (exact) mass is 311 g/mol. The zero-order valence-electron chi connectivity index (χ0n) is 9.89. The Hall–Kier alpha value is -1.62. The Balaban J connectivity index is 2.59. The molecular formula is C13H14BrNO3. The number of nitrogens with one attached hydrogen (secondary N) is 1. The summed E-state index contributed by atoms with van der Waals surface area (Å²) in [7, 11) is 0. The van der Waals surface area contributed by atoms with Crippen LogP contribution in [0.2, 0.25) is 0 Å². The highest BCUT2D eigenvalue weighted by Crippen LogP contribution is 2.11. The van der Waals surface area contributed by atoms with Crippen molar-refractivity contribution in [3.63, 3.8) is 0 Å². The highest BCUT2D eigenvalue weighted by atomic mass is 79.9. The molecule has 0 aliphatic rings. The van der Waals surface area contributed by atoms with Crippen molar-refractivity contribution in [1.82, 2.24) is 5.32 Å². The van der Waals surface area contributed by atoms with Gasteiger partial charge in [0.1, 0.15) is 6.04 Å². The molecule has 0 aliphatic heterocycles. The highest BCUT2D eigenvalue weighted by molar-refractivity contribution is 9.10. The average molecular weight is 312 g/mol. The van der Waals surface area contributed by atoms with Gasteiger partial charge in [0.25, 0.3) is 0 Å². The number of halogens is 1. The van der Waals surface area contributed by atoms with E-state index in [2.05, 4.69) is 21.2 Å². The number of carbonyl (C=O) groups excluding carboxylic acids is 1. The molecule has 1 rings (SSSR count). The number of benzene rings is 1. The van der Waals surface area contributed by atoms with Crippen LogP contribution in [0.3, 0.4) is 0 Å². The fourth-order valence-corrected chi connectivity index (χ4v) is 1.57. The molecule has 0 radical (unpaired) electrons. The second-order valence-electron chi connectivity index (χ2n) is 3.69. The fourth-order valence-electron chi connectivity index (χ4n) is 1.30. The number of carbonyl (C=O) groups is 2. The van der Waals surface area contributed by atoms with E-state index in [0.29, 0.717) is 6.42 Å². The van der Waals surface area contributed by atoms with Crippen molar-refractivity contribution in [3.8, 4) is 0 Å². The summed E-state index contributed by atoms with van der Waals surface area (Å²) in [6.07, 6.45) is 3.32. The van der Waals surface area contributed by atoms with Crippen LogP contribution >= 0.6 is 15.9 Å². The predicted octanol–water partition coefficient (Wildman–Crippen LogP) is 2.44. The van der Waals surface area contributed by atoms with Gasteiger partial charge in [-0.15, -0.1) is 0 Å². The third-order valence-corrected chi connectivity index (χ3v) is 2.85. The predicted molar refractivity (Wildman–Crippen MR) is 73.0 cm³/mol. The molecule has 0 aliphatic carbocycles. The second-order valence-corrected chi connectivity index (χ2v) is 4.61. The van der Waals surface area contributed by atoms with Crippen LogP contribution in [0.5, 0.6) is 0 Å². The molecule has 2 N–H and O–H groups in total. The summed E-state index contributed by atoms with van der Waals surface area (Å²) in [5.74, 6) is -1.44. The summed E-state index contributed by atoms with van der Waals surface area (Å²) in [6.45, 7) is 1.71. The highest BCUT2D eigenvalue weighted by Gasteiger charge is 2.15. The van der Waals surface area contributed by atoms with E-state index in [9.17, 15) is 9.59 Å². The van der Waals surface area contributed by atoms with E-state index in [1.54, 1.807) is 13.0 Å². The summed E-state index contributed by atoms with van der Waals surface area (Å²) < 4.78 is 0.959. The number of carboxylic acids is 1. The lowest BCUT2D eigenvalue weighted by Crippen LogP contribution is -2.39. The van der Waals surface area contributed by atoms with Gasteiger partial charge in [-0.3, -0.25) is 4.79 Å². The minimum atomic E-state index is -1.03. The van der Waals surface area contributed by atoms with Gasteiger partial charge in [0.05, 0.1) is 0 Å². The molecule has 18 heavy (non-hydrogen) atoms. The van der Waals surface area contributed by atoms with E-state index in [4.69, 9.17) is 5.11 Å². The van der Waals surface area contributed by atoms with Gasteiger partial charge in [-0.1, -0.05) is 35.0 Å². The molecule has 0 heterocycles. The molecule has 1 aromatic carbocycles. The van der Waals surface area contributed by atoms with Gasteiger partial charge in [0.2, 0.25) is 5.91 Å². The van der Waals surface area contributed by atoms with Gasteiger partial charge in [0.15, 0.2) is 0 Å². The number of carboxylic acid groups (broad SMARTS) is 1. The molecule has 0 fully saturated rings. The van der Waals surface area contributed by atoms with Crippen LogP contribution in [-0.2, 0) is 9.59 Å². The van der Waals surface area contributed by atoms with Gasteiger partial charge < -0.3 is 10.4 Å². The molecule has 96 valence electrons. The standard InChI is InChI=1S/C13H14BrNO3/c1-2-11(13(17)18)15-12(16)8-5-9-3-6-10(14)7-4-9/h3-8,11H,2H2,1H3,(H,15,16)(H,17,18)/b8-5+. The lowest BCUT2D eigenvalue weighted by Gasteiger charge is -2.09. The lowest BCUT2D eigenvalue weighted by atomic mass is 10.2. The summed E-state index contributed by atoms with van der Waals surface area (Å²) >= 11 is 3.31. The zero-order valence-corrected chi connectivity index (χ0v) is 11.5. The first-order chi connectivity index (χ1) is 8.52. The first kappa shape index (κ1) is 14.4. The number of hydrogen-bond donors (Lipinski definition) is 2. The second kappa shape index (κ2) is 6.96. The van der Waals surface area contributed by atoms with Crippen LogP contribution in [0.4, 0.5) is 0 Å². The molecule has 1 aromatic rings. The van der Waals surface area contributed by atoms with E-state index in [-0.39, 0.29) is 0 Å². The SMILES string of the molecule is CCC(NC(=O)/C=C/c1ccc(Br)cc1)C(=O)O. The van der Waals surface area contributed by atoms with Crippen molar-refractivity contribution in [2.75, 3.05) is 0 Å². The topological polar surface area (TPSA) is 66.4 Å². The van der Waals surface area contributed by atoms with Crippen molar-refractivity contribution in [2.45, 2.75) is 19.4 Å². The Bertz CT molecular complexity index is 454. The van der Waals surface area contributed by atoms with Crippen molar-refractivity contribution >= 4 is 33.9 Å². The van der Waals surface area contributed by atoms with Crippen LogP contribution < -0.4 is 5.32 Å². The lowest BCUT2D eigenvalue weighted by molar-refractivity contribution is -0.141. The van der Waals surface area contributed by atoms with E-state index < -0.39 is 17.9 Å². The summed E-state index contributed by atoms with van der Waals surface area (Å²) in [5, 5.41) is 11.2. The largest absolute Gasteiger partial charge is 0.480 e. The minimum Gasteiger partial charge on any atom is -0.480 e. The van der Waals surface area contributed by atoms with Crippen molar-refractivity contribution in [3.05, 3.63) is 40.4 Å². The van der Waals surface area contributed by atoms with E-state index in [1.807, 2.05) is 24.3 Å². The maximum absolute atomic E-state index is 11.5. The molecule has 1 atom stereocenters. The Morgan fingerprint density at radius 2 is 2.00 bits per heavy atom. The quantitative estimate of drug-likeness (QED) is 0.821. The van der Waals surface area contributed by atoms with Gasteiger partial charge >= 0.3 is 5.97 Å². The molecule has 1 unspecified atom stereocenters. The normalized spacial score (nSPS) is 12.3. The number of rotatable bonds is 5. The molecular weight excluding hydrogens is 298 g/mol. The van der Waals surface area contributed by atoms with Gasteiger partial charge in [-0.05, 0) is 30.2 Å². The molecule has 0 spiro atoms. The van der Waals surface area contributed by atoms with Crippen LogP contribution in [0.1, 0.15) is 18.9 Å². The van der Waals surface area contributed by atoms with Crippen molar-refractivity contribution in [1.29, 1.82) is 0 Å². The molecule has 0 saturated carbocycles. The van der Waals surface area contributed by atoms with Gasteiger partial charge in [-0.2, -0.15) is 0 Å². The smallest absolute Gasteiger partial charge is 0.326 e. The fraction of sp³-hybridized carbons (Fsp3) is 0.231. The molecule has 0 bridgehead atoms. The van der Waals surface area contributed by atoms with Crippen LogP contribution in [-0.4, -0.2) is 23.0 Å². The third kappa shape index (κ3) is 4.71. The first-order valence-electron chi connectivity index (χ1n) is 5.50. The maximum Gasteiger partial charge on any atom is 0.326 e. The van der Waals surface area contributed by atoms with E-state index in [0.717, 1.165) is 10.0 Å². The molecule has 0 aromatic heterocycles. The van der Waals surface area contributed by atoms with Gasteiger partial charge in [-0.25, -0.2) is 4.79 Å². The Morgan fingerprint density at radius 3 is 2.50 bits per heavy atom. The first-order valence-corrected chi connectivity index (χ1v) is 6.29. The Kier molecular flexibility index (Phi) is 5.58. The Labute approximate surface area is 114 Å². The van der Waals surface area contributed by atoms with E-state index in [1.165, 1.54) is 6.08 Å². The maximum atomic E-state index is 11.5. The van der Waals surface area contributed by atoms with Crippen LogP contribution in [0.25, 0.3) is 6.08 Å². The zero-order chi connectivity index (χ0) is 13.5. The minimum absolute atomic E-state index is 0.354. The molecule has 0 saturated heterocycles. The average Bonchev–Trinajstić information content (AvgIpc) is 2.35. The van der Waals surface area contributed by atoms with Crippen molar-refractivity contribution in [2.24, 2.45) is 0 Å². The molecule has 4 nitrogen and oxygen atoms in total.